The number of nitrogens with zero attached hydrogens (tertiary/aromatic N) is 2. The summed E-state index contributed by atoms with van der Waals surface area (Å²) in [5.41, 5.74) is 9.15. The van der Waals surface area contributed by atoms with Crippen molar-refractivity contribution in [3.63, 3.8) is 0 Å². The van der Waals surface area contributed by atoms with Gasteiger partial charge in [0.25, 0.3) is 0 Å². The number of benzene rings is 1. The van der Waals surface area contributed by atoms with E-state index in [0.29, 0.717) is 12.1 Å². The van der Waals surface area contributed by atoms with Crippen LogP contribution in [0, 0.1) is 5.82 Å². The van der Waals surface area contributed by atoms with Crippen molar-refractivity contribution in [2.24, 2.45) is 0 Å². The number of rotatable bonds is 5. The average molecular weight is 277 g/mol. The SMILES string of the molecule is CCc1nn(Cc2cccc(OC)c2F)c(CC)c1N. The molecule has 1 heterocycles. The van der Waals surface area contributed by atoms with Gasteiger partial charge in [-0.1, -0.05) is 26.0 Å². The van der Waals surface area contributed by atoms with Crippen molar-refractivity contribution in [2.75, 3.05) is 12.8 Å². The lowest BCUT2D eigenvalue weighted by Gasteiger charge is -2.09. The van der Waals surface area contributed by atoms with Crippen LogP contribution in [0.15, 0.2) is 18.2 Å². The predicted octanol–water partition coefficient (Wildman–Crippen LogP) is 2.79. The van der Waals surface area contributed by atoms with Gasteiger partial charge in [0.05, 0.1) is 30.7 Å². The summed E-state index contributed by atoms with van der Waals surface area (Å²) in [5, 5.41) is 4.48. The van der Waals surface area contributed by atoms with Crippen molar-refractivity contribution >= 4 is 5.69 Å². The molecule has 0 saturated carbocycles. The second kappa shape index (κ2) is 5.94. The second-order valence-electron chi connectivity index (χ2n) is 4.61. The molecule has 108 valence electrons. The van der Waals surface area contributed by atoms with Crippen molar-refractivity contribution in [1.82, 2.24) is 9.78 Å². The molecule has 0 amide bonds. The molecule has 0 radical (unpaired) electrons. The van der Waals surface area contributed by atoms with Crippen molar-refractivity contribution in [3.8, 4) is 5.75 Å². The van der Waals surface area contributed by atoms with E-state index in [9.17, 15) is 4.39 Å². The molecular formula is C15H20FN3O. The smallest absolute Gasteiger partial charge is 0.170 e. The molecule has 5 heteroatoms. The van der Waals surface area contributed by atoms with E-state index in [4.69, 9.17) is 10.5 Å². The second-order valence-corrected chi connectivity index (χ2v) is 4.61. The molecule has 0 atom stereocenters. The molecule has 2 rings (SSSR count). The first kappa shape index (κ1) is 14.4. The van der Waals surface area contributed by atoms with Gasteiger partial charge in [-0.2, -0.15) is 5.10 Å². The third-order valence-electron chi connectivity index (χ3n) is 3.43. The van der Waals surface area contributed by atoms with E-state index in [2.05, 4.69) is 5.10 Å². The molecule has 0 aliphatic carbocycles. The molecule has 2 N–H and O–H groups in total. The number of anilines is 1. The summed E-state index contributed by atoms with van der Waals surface area (Å²) < 4.78 is 21.0. The molecule has 0 aliphatic rings. The number of ether oxygens (including phenoxy) is 1. The van der Waals surface area contributed by atoms with E-state index in [1.807, 2.05) is 13.8 Å². The first-order chi connectivity index (χ1) is 9.62. The minimum atomic E-state index is -0.343. The minimum Gasteiger partial charge on any atom is -0.494 e. The van der Waals surface area contributed by atoms with Gasteiger partial charge in [-0.25, -0.2) is 4.39 Å². The highest BCUT2D eigenvalue weighted by Crippen LogP contribution is 2.23. The standard InChI is InChI=1S/C15H20FN3O/c1-4-11-15(17)12(5-2)19(18-11)9-10-7-6-8-13(20-3)14(10)16/h6-8H,4-5,9,17H2,1-3H3. The van der Waals surface area contributed by atoms with Crippen molar-refractivity contribution in [3.05, 3.63) is 41.0 Å². The first-order valence-electron chi connectivity index (χ1n) is 6.77. The Bertz CT molecular complexity index is 607. The van der Waals surface area contributed by atoms with E-state index in [1.165, 1.54) is 7.11 Å². The Morgan fingerprint density at radius 3 is 2.65 bits per heavy atom. The highest BCUT2D eigenvalue weighted by molar-refractivity contribution is 5.48. The first-order valence-corrected chi connectivity index (χ1v) is 6.77. The number of aromatic nitrogens is 2. The van der Waals surface area contributed by atoms with Crippen LogP contribution in [-0.4, -0.2) is 16.9 Å². The third-order valence-corrected chi connectivity index (χ3v) is 3.43. The molecule has 4 nitrogen and oxygen atoms in total. The lowest BCUT2D eigenvalue weighted by atomic mass is 10.2. The highest BCUT2D eigenvalue weighted by Gasteiger charge is 2.15. The van der Waals surface area contributed by atoms with E-state index >= 15 is 0 Å². The van der Waals surface area contributed by atoms with Gasteiger partial charge in [0.2, 0.25) is 0 Å². The molecule has 0 fully saturated rings. The molecule has 0 unspecified atom stereocenters. The Morgan fingerprint density at radius 2 is 2.05 bits per heavy atom. The van der Waals surface area contributed by atoms with Gasteiger partial charge < -0.3 is 10.5 Å². The summed E-state index contributed by atoms with van der Waals surface area (Å²) in [6.07, 6.45) is 1.54. The number of nitrogen functional groups attached to an aromatic ring is 1. The fourth-order valence-corrected chi connectivity index (χ4v) is 2.33. The number of aryl methyl sites for hydroxylation is 1. The third kappa shape index (κ3) is 2.48. The molecule has 0 spiro atoms. The van der Waals surface area contributed by atoms with Crippen LogP contribution in [-0.2, 0) is 19.4 Å². The summed E-state index contributed by atoms with van der Waals surface area (Å²) in [6.45, 7) is 4.39. The van der Waals surface area contributed by atoms with E-state index in [1.54, 1.807) is 22.9 Å². The van der Waals surface area contributed by atoms with E-state index in [0.717, 1.165) is 29.9 Å². The van der Waals surface area contributed by atoms with Gasteiger partial charge in [-0.3, -0.25) is 4.68 Å². The molecule has 1 aromatic heterocycles. The fourth-order valence-electron chi connectivity index (χ4n) is 2.33. The Hall–Kier alpha value is -2.04. The van der Waals surface area contributed by atoms with Crippen molar-refractivity contribution < 1.29 is 9.13 Å². The van der Waals surface area contributed by atoms with Crippen LogP contribution in [0.1, 0.15) is 30.8 Å². The van der Waals surface area contributed by atoms with Gasteiger partial charge in [0.1, 0.15) is 0 Å². The Balaban J connectivity index is 2.40. The normalized spacial score (nSPS) is 10.8. The van der Waals surface area contributed by atoms with E-state index < -0.39 is 0 Å². The molecule has 1 aromatic carbocycles. The molecular weight excluding hydrogens is 257 g/mol. The maximum Gasteiger partial charge on any atom is 0.170 e. The Kier molecular flexibility index (Phi) is 4.27. The van der Waals surface area contributed by atoms with Gasteiger partial charge in [-0.05, 0) is 18.9 Å². The fraction of sp³-hybridized carbons (Fsp3) is 0.400. The number of hydrogen-bond donors (Lipinski definition) is 1. The summed E-state index contributed by atoms with van der Waals surface area (Å²) in [7, 11) is 1.46. The van der Waals surface area contributed by atoms with Crippen molar-refractivity contribution in [1.29, 1.82) is 0 Å². The highest BCUT2D eigenvalue weighted by atomic mass is 19.1. The number of halogens is 1. The van der Waals surface area contributed by atoms with Gasteiger partial charge >= 0.3 is 0 Å². The summed E-state index contributed by atoms with van der Waals surface area (Å²) in [4.78, 5) is 0. The Labute approximate surface area is 118 Å². The van der Waals surface area contributed by atoms with Crippen LogP contribution in [0.4, 0.5) is 10.1 Å². The van der Waals surface area contributed by atoms with E-state index in [-0.39, 0.29) is 11.6 Å². The summed E-state index contributed by atoms with van der Waals surface area (Å²) >= 11 is 0. The summed E-state index contributed by atoms with van der Waals surface area (Å²) in [6, 6.07) is 5.12. The van der Waals surface area contributed by atoms with Gasteiger partial charge in [0.15, 0.2) is 11.6 Å². The zero-order valence-corrected chi connectivity index (χ0v) is 12.1. The molecule has 0 aliphatic heterocycles. The van der Waals surface area contributed by atoms with Gasteiger partial charge in [0, 0.05) is 5.56 Å². The number of hydrogen-bond acceptors (Lipinski definition) is 3. The van der Waals surface area contributed by atoms with Crippen LogP contribution < -0.4 is 10.5 Å². The summed E-state index contributed by atoms with van der Waals surface area (Å²) in [5.74, 6) is -0.0967. The van der Waals surface area contributed by atoms with Crippen molar-refractivity contribution in [2.45, 2.75) is 33.2 Å². The zero-order chi connectivity index (χ0) is 14.7. The van der Waals surface area contributed by atoms with Crippen LogP contribution >= 0.6 is 0 Å². The largest absolute Gasteiger partial charge is 0.494 e. The topological polar surface area (TPSA) is 53.1 Å². The predicted molar refractivity (Wildman–Crippen MR) is 77.4 cm³/mol. The molecule has 2 aromatic rings. The maximum absolute atomic E-state index is 14.2. The lowest BCUT2D eigenvalue weighted by molar-refractivity contribution is 0.383. The quantitative estimate of drug-likeness (QED) is 0.914. The Morgan fingerprint density at radius 1 is 1.30 bits per heavy atom. The monoisotopic (exact) mass is 277 g/mol. The number of nitrogens with two attached hydrogens (primary N) is 1. The van der Waals surface area contributed by atoms with Crippen LogP contribution in [0.25, 0.3) is 0 Å². The number of methoxy groups -OCH3 is 1. The zero-order valence-electron chi connectivity index (χ0n) is 12.1. The lowest BCUT2D eigenvalue weighted by Crippen LogP contribution is -2.08. The van der Waals surface area contributed by atoms with Crippen LogP contribution in [0.5, 0.6) is 5.75 Å². The maximum atomic E-state index is 14.2. The molecule has 0 bridgehead atoms. The molecule has 0 saturated heterocycles. The van der Waals surface area contributed by atoms with Crippen LogP contribution in [0.2, 0.25) is 0 Å². The van der Waals surface area contributed by atoms with Gasteiger partial charge in [-0.15, -0.1) is 0 Å². The van der Waals surface area contributed by atoms with Crippen LogP contribution in [0.3, 0.4) is 0 Å². The minimum absolute atomic E-state index is 0.247. The molecule has 20 heavy (non-hydrogen) atoms. The average Bonchev–Trinajstić information content (AvgIpc) is 2.76.